The van der Waals surface area contributed by atoms with Crippen LogP contribution >= 0.6 is 0 Å². The maximum atomic E-state index is 13.0. The van der Waals surface area contributed by atoms with Crippen LogP contribution in [0.5, 0.6) is 5.75 Å². The van der Waals surface area contributed by atoms with E-state index in [1.165, 1.54) is 7.11 Å². The lowest BCUT2D eigenvalue weighted by Crippen LogP contribution is -2.45. The third-order valence-electron chi connectivity index (χ3n) is 5.17. The number of nitrogens with one attached hydrogen (secondary N) is 1. The van der Waals surface area contributed by atoms with Gasteiger partial charge in [0.15, 0.2) is 0 Å². The Bertz CT molecular complexity index is 1020. The van der Waals surface area contributed by atoms with Gasteiger partial charge in [-0.05, 0) is 55.8 Å². The quantitative estimate of drug-likeness (QED) is 0.702. The first kappa shape index (κ1) is 22.9. The molecule has 1 amide bonds. The lowest BCUT2D eigenvalue weighted by atomic mass is 10.2. The first-order valence-corrected chi connectivity index (χ1v) is 11.9. The normalized spacial score (nSPS) is 15.3. The van der Waals surface area contributed by atoms with Crippen LogP contribution in [0.3, 0.4) is 0 Å². The molecule has 0 bridgehead atoms. The molecule has 1 unspecified atom stereocenters. The number of morpholine rings is 1. The number of ether oxygens (including phenoxy) is 2. The number of carbonyl (C=O) groups excluding carboxylic acids is 1. The van der Waals surface area contributed by atoms with Crippen LogP contribution < -0.4 is 19.3 Å². The summed E-state index contributed by atoms with van der Waals surface area (Å²) in [5.41, 5.74) is 2.83. The second-order valence-electron chi connectivity index (χ2n) is 7.55. The van der Waals surface area contributed by atoms with Crippen LogP contribution in [-0.2, 0) is 19.6 Å². The van der Waals surface area contributed by atoms with Gasteiger partial charge in [-0.25, -0.2) is 8.42 Å². The molecule has 1 saturated heterocycles. The molecule has 1 atom stereocenters. The van der Waals surface area contributed by atoms with Crippen LogP contribution in [0, 0.1) is 6.92 Å². The lowest BCUT2D eigenvalue weighted by molar-refractivity contribution is -0.116. The summed E-state index contributed by atoms with van der Waals surface area (Å²) in [7, 11) is -2.28. The monoisotopic (exact) mass is 447 g/mol. The molecule has 1 heterocycles. The molecule has 9 heteroatoms. The van der Waals surface area contributed by atoms with E-state index in [0.29, 0.717) is 30.3 Å². The largest absolute Gasteiger partial charge is 0.495 e. The highest BCUT2D eigenvalue weighted by Crippen LogP contribution is 2.33. The van der Waals surface area contributed by atoms with Gasteiger partial charge in [0.1, 0.15) is 11.8 Å². The van der Waals surface area contributed by atoms with Crippen molar-refractivity contribution in [1.29, 1.82) is 0 Å². The first-order chi connectivity index (χ1) is 14.7. The fraction of sp³-hybridized carbons (Fsp3) is 0.409. The van der Waals surface area contributed by atoms with Crippen LogP contribution in [0.4, 0.5) is 17.1 Å². The average Bonchev–Trinajstić information content (AvgIpc) is 2.74. The van der Waals surface area contributed by atoms with Gasteiger partial charge in [-0.1, -0.05) is 6.07 Å². The van der Waals surface area contributed by atoms with E-state index in [4.69, 9.17) is 9.47 Å². The maximum Gasteiger partial charge on any atom is 0.247 e. The standard InChI is InChI=1S/C22H29N3O5S/c1-16-5-10-21(29-3)20(15-16)25(31(4,27)28)17(2)22(26)23-18-6-8-19(9-7-18)24-11-13-30-14-12-24/h5-10,15,17H,11-14H2,1-4H3,(H,23,26). The van der Waals surface area contributed by atoms with E-state index in [0.717, 1.165) is 34.9 Å². The van der Waals surface area contributed by atoms with Gasteiger partial charge in [-0.3, -0.25) is 9.10 Å². The number of benzene rings is 2. The summed E-state index contributed by atoms with van der Waals surface area (Å²) in [6.07, 6.45) is 1.08. The molecule has 3 rings (SSSR count). The van der Waals surface area contributed by atoms with Crippen LogP contribution in [-0.4, -0.2) is 60.0 Å². The van der Waals surface area contributed by atoms with E-state index in [2.05, 4.69) is 10.2 Å². The number of carbonyl (C=O) groups is 1. The van der Waals surface area contributed by atoms with Gasteiger partial charge in [0.25, 0.3) is 0 Å². The van der Waals surface area contributed by atoms with Gasteiger partial charge in [0.05, 0.1) is 32.3 Å². The van der Waals surface area contributed by atoms with Gasteiger partial charge in [-0.15, -0.1) is 0 Å². The second kappa shape index (κ2) is 9.57. The highest BCUT2D eigenvalue weighted by atomic mass is 32.2. The highest BCUT2D eigenvalue weighted by Gasteiger charge is 2.31. The van der Waals surface area contributed by atoms with Gasteiger partial charge in [0.2, 0.25) is 15.9 Å². The van der Waals surface area contributed by atoms with Gasteiger partial charge < -0.3 is 19.7 Å². The Hall–Kier alpha value is -2.78. The minimum atomic E-state index is -3.75. The lowest BCUT2D eigenvalue weighted by Gasteiger charge is -2.30. The molecule has 0 radical (unpaired) electrons. The summed E-state index contributed by atoms with van der Waals surface area (Å²) in [5.74, 6) is -0.0568. The summed E-state index contributed by atoms with van der Waals surface area (Å²) in [5, 5.41) is 2.82. The molecule has 0 spiro atoms. The van der Waals surface area contributed by atoms with Crippen molar-refractivity contribution < 1.29 is 22.7 Å². The minimum absolute atomic E-state index is 0.329. The molecule has 0 aromatic heterocycles. The minimum Gasteiger partial charge on any atom is -0.495 e. The predicted octanol–water partition coefficient (Wildman–Crippen LogP) is 2.63. The van der Waals surface area contributed by atoms with E-state index < -0.39 is 22.0 Å². The average molecular weight is 448 g/mol. The van der Waals surface area contributed by atoms with Crippen molar-refractivity contribution >= 4 is 33.0 Å². The molecular weight excluding hydrogens is 418 g/mol. The van der Waals surface area contributed by atoms with Gasteiger partial charge >= 0.3 is 0 Å². The van der Waals surface area contributed by atoms with Crippen LogP contribution in [0.25, 0.3) is 0 Å². The summed E-state index contributed by atoms with van der Waals surface area (Å²) in [6, 6.07) is 11.7. The molecule has 1 aliphatic heterocycles. The number of rotatable bonds is 7. The summed E-state index contributed by atoms with van der Waals surface area (Å²) in [4.78, 5) is 15.2. The van der Waals surface area contributed by atoms with Crippen LogP contribution in [0.2, 0.25) is 0 Å². The third kappa shape index (κ3) is 5.48. The summed E-state index contributed by atoms with van der Waals surface area (Å²) < 4.78 is 37.0. The van der Waals surface area contributed by atoms with E-state index in [9.17, 15) is 13.2 Å². The van der Waals surface area contributed by atoms with Crippen molar-refractivity contribution in [3.05, 3.63) is 48.0 Å². The Morgan fingerprint density at radius 2 is 1.81 bits per heavy atom. The van der Waals surface area contributed by atoms with Crippen molar-refractivity contribution in [2.45, 2.75) is 19.9 Å². The molecule has 0 aliphatic carbocycles. The number of hydrogen-bond acceptors (Lipinski definition) is 6. The molecule has 0 saturated carbocycles. The zero-order valence-electron chi connectivity index (χ0n) is 18.3. The molecule has 1 aliphatic rings. The molecule has 2 aromatic carbocycles. The Morgan fingerprint density at radius 3 is 2.39 bits per heavy atom. The number of sulfonamides is 1. The number of nitrogens with zero attached hydrogens (tertiary/aromatic N) is 2. The molecule has 8 nitrogen and oxygen atoms in total. The summed E-state index contributed by atoms with van der Waals surface area (Å²) >= 11 is 0. The number of anilines is 3. The molecule has 31 heavy (non-hydrogen) atoms. The Labute approximate surface area is 183 Å². The maximum absolute atomic E-state index is 13.0. The van der Waals surface area contributed by atoms with Crippen LogP contribution in [0.1, 0.15) is 12.5 Å². The molecule has 1 fully saturated rings. The van der Waals surface area contributed by atoms with Crippen molar-refractivity contribution in [2.75, 3.05) is 54.2 Å². The number of methoxy groups -OCH3 is 1. The number of hydrogen-bond donors (Lipinski definition) is 1. The van der Waals surface area contributed by atoms with Gasteiger partial charge in [0, 0.05) is 24.5 Å². The van der Waals surface area contributed by atoms with Crippen molar-refractivity contribution in [2.24, 2.45) is 0 Å². The fourth-order valence-corrected chi connectivity index (χ4v) is 4.75. The fourth-order valence-electron chi connectivity index (χ4n) is 3.58. The Balaban J connectivity index is 1.80. The molecule has 2 aromatic rings. The van der Waals surface area contributed by atoms with Crippen molar-refractivity contribution in [1.82, 2.24) is 0 Å². The first-order valence-electron chi connectivity index (χ1n) is 10.1. The Morgan fingerprint density at radius 1 is 1.16 bits per heavy atom. The topological polar surface area (TPSA) is 88.2 Å². The van der Waals surface area contributed by atoms with E-state index in [-0.39, 0.29) is 0 Å². The molecule has 1 N–H and O–H groups in total. The third-order valence-corrected chi connectivity index (χ3v) is 6.40. The molecule has 168 valence electrons. The zero-order chi connectivity index (χ0) is 22.6. The van der Waals surface area contributed by atoms with E-state index in [1.807, 2.05) is 37.3 Å². The van der Waals surface area contributed by atoms with E-state index >= 15 is 0 Å². The second-order valence-corrected chi connectivity index (χ2v) is 9.41. The smallest absolute Gasteiger partial charge is 0.247 e. The zero-order valence-corrected chi connectivity index (χ0v) is 19.1. The van der Waals surface area contributed by atoms with Gasteiger partial charge in [-0.2, -0.15) is 0 Å². The van der Waals surface area contributed by atoms with Crippen LogP contribution in [0.15, 0.2) is 42.5 Å². The highest BCUT2D eigenvalue weighted by molar-refractivity contribution is 7.92. The van der Waals surface area contributed by atoms with Crippen molar-refractivity contribution in [3.63, 3.8) is 0 Å². The van der Waals surface area contributed by atoms with Crippen molar-refractivity contribution in [3.8, 4) is 5.75 Å². The number of amides is 1. The number of aryl methyl sites for hydroxylation is 1. The Kier molecular flexibility index (Phi) is 7.07. The summed E-state index contributed by atoms with van der Waals surface area (Å²) in [6.45, 7) is 6.44. The molecular formula is C22H29N3O5S. The predicted molar refractivity (Wildman–Crippen MR) is 123 cm³/mol. The van der Waals surface area contributed by atoms with E-state index in [1.54, 1.807) is 19.1 Å². The SMILES string of the molecule is COc1ccc(C)cc1N(C(C)C(=O)Nc1ccc(N2CCOCC2)cc1)S(C)(=O)=O.